The number of hydrogen-bond acceptors (Lipinski definition) is 3. The van der Waals surface area contributed by atoms with Gasteiger partial charge in [0.1, 0.15) is 17.8 Å². The minimum absolute atomic E-state index is 0.137. The highest BCUT2D eigenvalue weighted by Gasteiger charge is 2.14. The first kappa shape index (κ1) is 10.8. The monoisotopic (exact) mass is 238 g/mol. The molecular formula is C11H8ClFN2O. The van der Waals surface area contributed by atoms with Crippen LogP contribution in [0.5, 0.6) is 5.75 Å². The summed E-state index contributed by atoms with van der Waals surface area (Å²) < 4.78 is 18.8. The number of benzene rings is 1. The molecule has 0 aliphatic carbocycles. The van der Waals surface area contributed by atoms with Crippen molar-refractivity contribution < 1.29 is 9.13 Å². The zero-order valence-electron chi connectivity index (χ0n) is 8.45. The number of halogens is 2. The minimum atomic E-state index is -0.645. The molecule has 1 heterocycles. The van der Waals surface area contributed by atoms with Crippen molar-refractivity contribution in [2.24, 2.45) is 0 Å². The van der Waals surface area contributed by atoms with Crippen molar-refractivity contribution in [2.75, 3.05) is 7.11 Å². The first-order valence-electron chi connectivity index (χ1n) is 4.53. The average molecular weight is 239 g/mol. The van der Waals surface area contributed by atoms with Gasteiger partial charge in [-0.15, -0.1) is 0 Å². The van der Waals surface area contributed by atoms with Gasteiger partial charge in [0.25, 0.3) is 0 Å². The maximum absolute atomic E-state index is 13.7. The molecule has 5 heteroatoms. The molecule has 0 saturated carbocycles. The zero-order valence-corrected chi connectivity index (χ0v) is 9.20. The van der Waals surface area contributed by atoms with Gasteiger partial charge in [0, 0.05) is 5.56 Å². The quantitative estimate of drug-likeness (QED) is 0.755. The standard InChI is InChI=1S/C11H8ClFN2O/c1-16-8-5-3-2-4-7(8)10-9(13)11(12)15-6-14-10/h2-6H,1H3. The number of rotatable bonds is 2. The molecule has 16 heavy (non-hydrogen) atoms. The Bertz CT molecular complexity index is 519. The number of aromatic nitrogens is 2. The van der Waals surface area contributed by atoms with Gasteiger partial charge in [0.2, 0.25) is 0 Å². The Kier molecular flexibility index (Phi) is 3.01. The topological polar surface area (TPSA) is 35.0 Å². The summed E-state index contributed by atoms with van der Waals surface area (Å²) in [6.07, 6.45) is 1.22. The summed E-state index contributed by atoms with van der Waals surface area (Å²) in [7, 11) is 1.51. The van der Waals surface area contributed by atoms with E-state index < -0.39 is 5.82 Å². The van der Waals surface area contributed by atoms with Crippen LogP contribution in [-0.4, -0.2) is 17.1 Å². The lowest BCUT2D eigenvalue weighted by atomic mass is 10.1. The summed E-state index contributed by atoms with van der Waals surface area (Å²) in [5, 5.41) is -0.198. The van der Waals surface area contributed by atoms with Gasteiger partial charge in [-0.25, -0.2) is 14.4 Å². The fourth-order valence-corrected chi connectivity index (χ4v) is 1.51. The predicted octanol–water partition coefficient (Wildman–Crippen LogP) is 2.94. The van der Waals surface area contributed by atoms with Crippen LogP contribution >= 0.6 is 11.6 Å². The average Bonchev–Trinajstić information content (AvgIpc) is 2.33. The van der Waals surface area contributed by atoms with Crippen molar-refractivity contribution >= 4 is 11.6 Å². The molecule has 0 fully saturated rings. The number of ether oxygens (including phenoxy) is 1. The maximum atomic E-state index is 13.7. The summed E-state index contributed by atoms with van der Waals surface area (Å²) in [5.41, 5.74) is 0.684. The Hall–Kier alpha value is -1.68. The first-order chi connectivity index (χ1) is 7.74. The summed E-state index contributed by atoms with van der Waals surface area (Å²) in [6.45, 7) is 0. The normalized spacial score (nSPS) is 10.2. The molecule has 0 radical (unpaired) electrons. The molecule has 0 aliphatic heterocycles. The summed E-state index contributed by atoms with van der Waals surface area (Å²) >= 11 is 5.59. The van der Waals surface area contributed by atoms with E-state index in [1.54, 1.807) is 24.3 Å². The summed E-state index contributed by atoms with van der Waals surface area (Å²) in [6, 6.07) is 7.00. The van der Waals surface area contributed by atoms with Gasteiger partial charge in [-0.05, 0) is 12.1 Å². The van der Waals surface area contributed by atoms with Gasteiger partial charge in [-0.2, -0.15) is 0 Å². The molecule has 1 aromatic heterocycles. The molecule has 0 spiro atoms. The van der Waals surface area contributed by atoms with Crippen LogP contribution in [0.2, 0.25) is 5.15 Å². The van der Waals surface area contributed by atoms with E-state index in [4.69, 9.17) is 16.3 Å². The molecule has 0 atom stereocenters. The molecular weight excluding hydrogens is 231 g/mol. The maximum Gasteiger partial charge on any atom is 0.186 e. The first-order valence-corrected chi connectivity index (χ1v) is 4.91. The second kappa shape index (κ2) is 4.45. The molecule has 1 aromatic carbocycles. The zero-order chi connectivity index (χ0) is 11.5. The van der Waals surface area contributed by atoms with Crippen molar-refractivity contribution in [1.29, 1.82) is 0 Å². The van der Waals surface area contributed by atoms with Crippen molar-refractivity contribution in [1.82, 2.24) is 9.97 Å². The van der Waals surface area contributed by atoms with Gasteiger partial charge >= 0.3 is 0 Å². The van der Waals surface area contributed by atoms with Gasteiger partial charge in [-0.3, -0.25) is 0 Å². The fraction of sp³-hybridized carbons (Fsp3) is 0.0909. The molecule has 3 nitrogen and oxygen atoms in total. The van der Waals surface area contributed by atoms with Crippen LogP contribution in [0.1, 0.15) is 0 Å². The molecule has 0 aliphatic rings. The molecule has 0 amide bonds. The van der Waals surface area contributed by atoms with Gasteiger partial charge in [-0.1, -0.05) is 23.7 Å². The number of hydrogen-bond donors (Lipinski definition) is 0. The van der Waals surface area contributed by atoms with Gasteiger partial charge in [0.15, 0.2) is 11.0 Å². The Balaban J connectivity index is 2.63. The largest absolute Gasteiger partial charge is 0.496 e. The molecule has 2 aromatic rings. The third-order valence-corrected chi connectivity index (χ3v) is 2.37. The smallest absolute Gasteiger partial charge is 0.186 e. The Morgan fingerprint density at radius 2 is 2.00 bits per heavy atom. The van der Waals surface area contributed by atoms with E-state index in [-0.39, 0.29) is 10.8 Å². The van der Waals surface area contributed by atoms with Crippen LogP contribution < -0.4 is 4.74 Å². The van der Waals surface area contributed by atoms with Crippen LogP contribution in [0.15, 0.2) is 30.6 Å². The van der Waals surface area contributed by atoms with E-state index in [1.165, 1.54) is 13.4 Å². The highest BCUT2D eigenvalue weighted by molar-refractivity contribution is 6.29. The lowest BCUT2D eigenvalue weighted by Crippen LogP contribution is -1.95. The lowest BCUT2D eigenvalue weighted by Gasteiger charge is -2.08. The lowest BCUT2D eigenvalue weighted by molar-refractivity contribution is 0.416. The Labute approximate surface area is 96.9 Å². The predicted molar refractivity (Wildman–Crippen MR) is 59.0 cm³/mol. The second-order valence-corrected chi connectivity index (χ2v) is 3.39. The Morgan fingerprint density at radius 1 is 1.25 bits per heavy atom. The highest BCUT2D eigenvalue weighted by atomic mass is 35.5. The molecule has 2 rings (SSSR count). The van der Waals surface area contributed by atoms with Crippen LogP contribution in [0, 0.1) is 5.82 Å². The fourth-order valence-electron chi connectivity index (χ4n) is 1.38. The van der Waals surface area contributed by atoms with E-state index in [9.17, 15) is 4.39 Å². The number of para-hydroxylation sites is 1. The highest BCUT2D eigenvalue weighted by Crippen LogP contribution is 2.31. The van der Waals surface area contributed by atoms with E-state index in [1.807, 2.05) is 0 Å². The molecule has 0 bridgehead atoms. The minimum Gasteiger partial charge on any atom is -0.496 e. The van der Waals surface area contributed by atoms with Crippen molar-refractivity contribution in [3.63, 3.8) is 0 Å². The van der Waals surface area contributed by atoms with E-state index in [2.05, 4.69) is 9.97 Å². The van der Waals surface area contributed by atoms with Crippen molar-refractivity contribution in [3.8, 4) is 17.0 Å². The molecule has 82 valence electrons. The molecule has 0 saturated heterocycles. The van der Waals surface area contributed by atoms with E-state index >= 15 is 0 Å². The van der Waals surface area contributed by atoms with Gasteiger partial charge < -0.3 is 4.74 Å². The summed E-state index contributed by atoms with van der Waals surface area (Å²) in [5.74, 6) is -0.107. The number of nitrogens with zero attached hydrogens (tertiary/aromatic N) is 2. The van der Waals surface area contributed by atoms with Crippen LogP contribution in [0.4, 0.5) is 4.39 Å². The van der Waals surface area contributed by atoms with E-state index in [0.717, 1.165) is 0 Å². The van der Waals surface area contributed by atoms with Crippen LogP contribution in [0.25, 0.3) is 11.3 Å². The van der Waals surface area contributed by atoms with Crippen molar-refractivity contribution in [2.45, 2.75) is 0 Å². The Morgan fingerprint density at radius 3 is 2.75 bits per heavy atom. The van der Waals surface area contributed by atoms with Crippen LogP contribution in [-0.2, 0) is 0 Å². The van der Waals surface area contributed by atoms with Crippen LogP contribution in [0.3, 0.4) is 0 Å². The third kappa shape index (κ3) is 1.84. The van der Waals surface area contributed by atoms with Crippen molar-refractivity contribution in [3.05, 3.63) is 41.6 Å². The second-order valence-electron chi connectivity index (χ2n) is 3.03. The molecule has 0 unspecified atom stereocenters. The SMILES string of the molecule is COc1ccccc1-c1ncnc(Cl)c1F. The molecule has 0 N–H and O–H groups in total. The summed E-state index contributed by atoms with van der Waals surface area (Å²) in [4.78, 5) is 7.43. The number of methoxy groups -OCH3 is 1. The van der Waals surface area contributed by atoms with Gasteiger partial charge in [0.05, 0.1) is 7.11 Å². The third-order valence-electron chi connectivity index (χ3n) is 2.11. The van der Waals surface area contributed by atoms with E-state index in [0.29, 0.717) is 11.3 Å².